The number of amides is 4. The van der Waals surface area contributed by atoms with E-state index < -0.39 is 73.1 Å². The second-order valence-electron chi connectivity index (χ2n) is 6.98. The first-order valence-electron chi connectivity index (χ1n) is 9.52. The first-order chi connectivity index (χ1) is 15.4. The number of carbonyl (C=O) groups excluding carboxylic acids is 4. The summed E-state index contributed by atoms with van der Waals surface area (Å²) in [5.74, 6) is -6.88. The van der Waals surface area contributed by atoms with Crippen molar-refractivity contribution in [3.05, 3.63) is 29.8 Å². The maximum Gasteiger partial charge on any atom is 0.322 e. The Hall–Kier alpha value is -4.20. The molecule has 0 aliphatic carbocycles. The highest BCUT2D eigenvalue weighted by molar-refractivity contribution is 5.97. The number of aliphatic carboxylic acids is 2. The van der Waals surface area contributed by atoms with Gasteiger partial charge in [0.1, 0.15) is 24.4 Å². The molecule has 4 amide bonds. The van der Waals surface area contributed by atoms with Gasteiger partial charge in [-0.3, -0.25) is 28.8 Å². The summed E-state index contributed by atoms with van der Waals surface area (Å²) in [5, 5.41) is 33.1. The van der Waals surface area contributed by atoms with Crippen LogP contribution in [0.4, 0.5) is 0 Å². The van der Waals surface area contributed by atoms with Crippen molar-refractivity contribution in [2.45, 2.75) is 37.4 Å². The number of hydrogen-bond acceptors (Lipinski definition) is 8. The van der Waals surface area contributed by atoms with Crippen LogP contribution in [0.15, 0.2) is 24.3 Å². The van der Waals surface area contributed by atoms with Gasteiger partial charge in [0.25, 0.3) is 0 Å². The fourth-order valence-corrected chi connectivity index (χ4v) is 2.61. The number of carboxylic acid groups (broad SMARTS) is 2. The van der Waals surface area contributed by atoms with Gasteiger partial charge < -0.3 is 42.7 Å². The van der Waals surface area contributed by atoms with Crippen molar-refractivity contribution in [3.8, 4) is 5.75 Å². The van der Waals surface area contributed by atoms with Gasteiger partial charge in [0.15, 0.2) is 0 Å². The zero-order chi connectivity index (χ0) is 25.1. The van der Waals surface area contributed by atoms with Gasteiger partial charge in [-0.1, -0.05) is 12.1 Å². The van der Waals surface area contributed by atoms with Crippen LogP contribution in [0.5, 0.6) is 5.75 Å². The van der Waals surface area contributed by atoms with Gasteiger partial charge in [-0.15, -0.1) is 0 Å². The SMILES string of the molecule is NC(=O)CC(NC(=O)C(N)Cc1ccc(O)cc1)C(=O)NC(CC(=O)O)C(=O)NCC(=O)O. The minimum absolute atomic E-state index is 0.0123. The van der Waals surface area contributed by atoms with Crippen molar-refractivity contribution in [3.63, 3.8) is 0 Å². The van der Waals surface area contributed by atoms with Crippen LogP contribution >= 0.6 is 0 Å². The zero-order valence-electron chi connectivity index (χ0n) is 17.3. The van der Waals surface area contributed by atoms with E-state index in [9.17, 15) is 33.9 Å². The number of carbonyl (C=O) groups is 6. The van der Waals surface area contributed by atoms with Crippen molar-refractivity contribution < 1.29 is 44.1 Å². The summed E-state index contributed by atoms with van der Waals surface area (Å²) in [6.45, 7) is -0.821. The molecule has 3 unspecified atom stereocenters. The highest BCUT2D eigenvalue weighted by Crippen LogP contribution is 2.11. The van der Waals surface area contributed by atoms with Gasteiger partial charge in [0, 0.05) is 0 Å². The maximum absolute atomic E-state index is 12.6. The summed E-state index contributed by atoms with van der Waals surface area (Å²) in [5.41, 5.74) is 11.5. The highest BCUT2D eigenvalue weighted by atomic mass is 16.4. The van der Waals surface area contributed by atoms with Gasteiger partial charge >= 0.3 is 11.9 Å². The molecule has 0 spiro atoms. The molecule has 0 heterocycles. The number of hydrogen-bond donors (Lipinski definition) is 8. The van der Waals surface area contributed by atoms with Crippen LogP contribution in [0, 0.1) is 0 Å². The Morgan fingerprint density at radius 2 is 1.36 bits per heavy atom. The maximum atomic E-state index is 12.6. The second-order valence-corrected chi connectivity index (χ2v) is 6.98. The van der Waals surface area contributed by atoms with Crippen molar-refractivity contribution in [2.24, 2.45) is 11.5 Å². The van der Waals surface area contributed by atoms with Crippen molar-refractivity contribution in [1.29, 1.82) is 0 Å². The quantitative estimate of drug-likeness (QED) is 0.144. The number of primary amides is 1. The fourth-order valence-electron chi connectivity index (χ4n) is 2.61. The molecule has 1 rings (SSSR count). The first-order valence-corrected chi connectivity index (χ1v) is 9.52. The standard InChI is InChI=1S/C19H25N5O9/c20-11(5-9-1-3-10(25)4-2-9)17(31)23-12(6-14(21)26)19(33)24-13(7-15(27)28)18(32)22-8-16(29)30/h1-4,11-13,25H,5-8,20H2,(H2,21,26)(H,22,32)(H,23,31)(H,24,33)(H,27,28)(H,29,30). The van der Waals surface area contributed by atoms with E-state index in [1.807, 2.05) is 5.32 Å². The second kappa shape index (κ2) is 12.6. The van der Waals surface area contributed by atoms with Crippen molar-refractivity contribution in [2.75, 3.05) is 6.54 Å². The normalized spacial score (nSPS) is 13.1. The Morgan fingerprint density at radius 3 is 1.88 bits per heavy atom. The lowest BCUT2D eigenvalue weighted by Crippen LogP contribution is -2.57. The summed E-state index contributed by atoms with van der Waals surface area (Å²) in [4.78, 5) is 70.0. The fraction of sp³-hybridized carbons (Fsp3) is 0.368. The summed E-state index contributed by atoms with van der Waals surface area (Å²) in [6, 6.07) is 1.41. The third-order valence-electron chi connectivity index (χ3n) is 4.19. The molecule has 14 heteroatoms. The lowest BCUT2D eigenvalue weighted by molar-refractivity contribution is -0.142. The van der Waals surface area contributed by atoms with Crippen LogP contribution in [0.2, 0.25) is 0 Å². The predicted octanol–water partition coefficient (Wildman–Crippen LogP) is -3.22. The van der Waals surface area contributed by atoms with E-state index >= 15 is 0 Å². The number of nitrogens with one attached hydrogen (secondary N) is 3. The van der Waals surface area contributed by atoms with Crippen molar-refractivity contribution >= 4 is 35.6 Å². The van der Waals surface area contributed by atoms with E-state index in [1.165, 1.54) is 24.3 Å². The molecule has 33 heavy (non-hydrogen) atoms. The molecule has 0 saturated heterocycles. The molecule has 0 fully saturated rings. The molecule has 3 atom stereocenters. The van der Waals surface area contributed by atoms with Gasteiger partial charge in [0.2, 0.25) is 23.6 Å². The number of aromatic hydroxyl groups is 1. The number of benzene rings is 1. The summed E-state index contributed by atoms with van der Waals surface area (Å²) in [7, 11) is 0. The molecule has 10 N–H and O–H groups in total. The van der Waals surface area contributed by atoms with E-state index in [4.69, 9.17) is 21.7 Å². The Kier molecular flexibility index (Phi) is 10.3. The molecule has 180 valence electrons. The van der Waals surface area contributed by atoms with Crippen LogP contribution in [-0.2, 0) is 35.2 Å². The van der Waals surface area contributed by atoms with E-state index in [0.29, 0.717) is 5.56 Å². The average Bonchev–Trinajstić information content (AvgIpc) is 2.71. The van der Waals surface area contributed by atoms with Gasteiger partial charge in [0.05, 0.1) is 18.9 Å². The van der Waals surface area contributed by atoms with Crippen LogP contribution < -0.4 is 27.4 Å². The minimum atomic E-state index is -1.69. The van der Waals surface area contributed by atoms with Crippen LogP contribution in [0.1, 0.15) is 18.4 Å². The largest absolute Gasteiger partial charge is 0.508 e. The first kappa shape index (κ1) is 26.8. The van der Waals surface area contributed by atoms with Crippen LogP contribution in [-0.4, -0.2) is 75.6 Å². The van der Waals surface area contributed by atoms with E-state index in [1.54, 1.807) is 0 Å². The molecule has 1 aromatic rings. The van der Waals surface area contributed by atoms with Gasteiger partial charge in [-0.2, -0.15) is 0 Å². The van der Waals surface area contributed by atoms with E-state index in [-0.39, 0.29) is 12.2 Å². The monoisotopic (exact) mass is 467 g/mol. The zero-order valence-corrected chi connectivity index (χ0v) is 17.3. The van der Waals surface area contributed by atoms with Gasteiger partial charge in [-0.05, 0) is 24.1 Å². The number of phenolic OH excluding ortho intramolecular Hbond substituents is 1. The van der Waals surface area contributed by atoms with Gasteiger partial charge in [-0.25, -0.2) is 0 Å². The summed E-state index contributed by atoms with van der Waals surface area (Å²) >= 11 is 0. The molecule has 0 radical (unpaired) electrons. The average molecular weight is 467 g/mol. The Labute approximate surface area is 187 Å². The number of nitrogens with two attached hydrogens (primary N) is 2. The number of phenols is 1. The van der Waals surface area contributed by atoms with Crippen LogP contribution in [0.25, 0.3) is 0 Å². The topological polar surface area (TPSA) is 251 Å². The lowest BCUT2D eigenvalue weighted by atomic mass is 10.0. The third-order valence-corrected chi connectivity index (χ3v) is 4.19. The molecular weight excluding hydrogens is 442 g/mol. The highest BCUT2D eigenvalue weighted by Gasteiger charge is 2.30. The van der Waals surface area contributed by atoms with E-state index in [0.717, 1.165) is 0 Å². The molecule has 0 bridgehead atoms. The molecule has 0 aliphatic rings. The molecule has 1 aromatic carbocycles. The van der Waals surface area contributed by atoms with E-state index in [2.05, 4.69) is 10.6 Å². The molecule has 14 nitrogen and oxygen atoms in total. The summed E-state index contributed by atoms with van der Waals surface area (Å²) in [6.07, 6.45) is -1.55. The molecule has 0 saturated carbocycles. The Balaban J connectivity index is 2.89. The number of rotatable bonds is 13. The molecular formula is C19H25N5O9. The smallest absolute Gasteiger partial charge is 0.322 e. The minimum Gasteiger partial charge on any atom is -0.508 e. The Bertz CT molecular complexity index is 903. The van der Waals surface area contributed by atoms with Crippen LogP contribution in [0.3, 0.4) is 0 Å². The molecule has 0 aromatic heterocycles. The van der Waals surface area contributed by atoms with Crippen molar-refractivity contribution in [1.82, 2.24) is 16.0 Å². The predicted molar refractivity (Wildman–Crippen MR) is 110 cm³/mol. The summed E-state index contributed by atoms with van der Waals surface area (Å²) < 4.78 is 0. The third kappa shape index (κ3) is 10.1. The number of carboxylic acids is 2. The lowest BCUT2D eigenvalue weighted by Gasteiger charge is -2.23. The Morgan fingerprint density at radius 1 is 0.818 bits per heavy atom. The molecule has 0 aliphatic heterocycles.